The second kappa shape index (κ2) is 7.99. The molecule has 0 saturated carbocycles. The van der Waals surface area contributed by atoms with Gasteiger partial charge >= 0.3 is 0 Å². The Morgan fingerprint density at radius 3 is 2.67 bits per heavy atom. The van der Waals surface area contributed by atoms with Gasteiger partial charge in [0, 0.05) is 25.2 Å². The fourth-order valence-electron chi connectivity index (χ4n) is 3.73. The number of carbonyl (C=O) groups excluding carboxylic acids is 1. The van der Waals surface area contributed by atoms with Crippen molar-refractivity contribution in [1.29, 1.82) is 0 Å². The Bertz CT molecular complexity index is 532. The normalized spacial score (nSPS) is 23.5. The molecule has 2 heterocycles. The molecule has 2 aliphatic heterocycles. The van der Waals surface area contributed by atoms with Crippen molar-refractivity contribution in [2.75, 3.05) is 33.4 Å². The number of piperidine rings is 1. The minimum Gasteiger partial charge on any atom is -0.497 e. The van der Waals surface area contributed by atoms with Crippen LogP contribution in [-0.4, -0.2) is 45.4 Å². The highest BCUT2D eigenvalue weighted by Gasteiger charge is 2.35. The molecule has 2 saturated heterocycles. The molecular weight excluding hydrogens is 304 g/mol. The Labute approximate surface area is 144 Å². The average molecular weight is 332 g/mol. The van der Waals surface area contributed by atoms with Gasteiger partial charge < -0.3 is 20.1 Å². The van der Waals surface area contributed by atoms with Gasteiger partial charge in [-0.25, -0.2) is 0 Å². The Hall–Kier alpha value is -1.59. The van der Waals surface area contributed by atoms with Crippen molar-refractivity contribution in [3.63, 3.8) is 0 Å². The number of hydrogen-bond acceptors (Lipinski definition) is 4. The number of ether oxygens (including phenoxy) is 2. The van der Waals surface area contributed by atoms with Crippen LogP contribution in [0.4, 0.5) is 0 Å². The first-order valence-electron chi connectivity index (χ1n) is 8.97. The van der Waals surface area contributed by atoms with Crippen LogP contribution in [0, 0.1) is 0 Å². The zero-order valence-electron chi connectivity index (χ0n) is 14.5. The summed E-state index contributed by atoms with van der Waals surface area (Å²) in [5, 5.41) is 6.52. The molecule has 24 heavy (non-hydrogen) atoms. The van der Waals surface area contributed by atoms with Crippen LogP contribution < -0.4 is 15.4 Å². The number of amides is 1. The van der Waals surface area contributed by atoms with Crippen molar-refractivity contribution in [2.24, 2.45) is 0 Å². The first-order valence-corrected chi connectivity index (χ1v) is 8.97. The molecule has 1 atom stereocenters. The van der Waals surface area contributed by atoms with Crippen LogP contribution >= 0.6 is 0 Å². The SMILES string of the molecule is COc1ccc(C2(CNC(=O)C3CCCCN3)CCOCC2)cc1. The van der Waals surface area contributed by atoms with Crippen molar-refractivity contribution < 1.29 is 14.3 Å². The first-order chi connectivity index (χ1) is 11.7. The summed E-state index contributed by atoms with van der Waals surface area (Å²) in [5.41, 5.74) is 1.21. The molecule has 3 rings (SSSR count). The van der Waals surface area contributed by atoms with Crippen molar-refractivity contribution in [3.8, 4) is 5.75 Å². The van der Waals surface area contributed by atoms with Gasteiger partial charge in [0.15, 0.2) is 0 Å². The fraction of sp³-hybridized carbons (Fsp3) is 0.632. The lowest BCUT2D eigenvalue weighted by molar-refractivity contribution is -0.124. The van der Waals surface area contributed by atoms with Crippen molar-refractivity contribution in [3.05, 3.63) is 29.8 Å². The molecule has 2 aliphatic rings. The van der Waals surface area contributed by atoms with E-state index >= 15 is 0 Å². The second-order valence-corrected chi connectivity index (χ2v) is 6.84. The van der Waals surface area contributed by atoms with Crippen molar-refractivity contribution in [2.45, 2.75) is 43.6 Å². The summed E-state index contributed by atoms with van der Waals surface area (Å²) in [6.45, 7) is 3.09. The average Bonchev–Trinajstić information content (AvgIpc) is 2.67. The number of benzene rings is 1. The zero-order valence-corrected chi connectivity index (χ0v) is 14.5. The van der Waals surface area contributed by atoms with Crippen LogP contribution in [0.2, 0.25) is 0 Å². The van der Waals surface area contributed by atoms with Crippen LogP contribution in [0.3, 0.4) is 0 Å². The van der Waals surface area contributed by atoms with E-state index in [0.717, 1.165) is 57.6 Å². The van der Waals surface area contributed by atoms with E-state index in [9.17, 15) is 4.79 Å². The van der Waals surface area contributed by atoms with Crippen LogP contribution in [0.5, 0.6) is 5.75 Å². The van der Waals surface area contributed by atoms with Gasteiger partial charge in [0.25, 0.3) is 0 Å². The van der Waals surface area contributed by atoms with Crippen LogP contribution in [0.15, 0.2) is 24.3 Å². The fourth-order valence-corrected chi connectivity index (χ4v) is 3.73. The van der Waals surface area contributed by atoms with Crippen molar-refractivity contribution >= 4 is 5.91 Å². The number of methoxy groups -OCH3 is 1. The molecule has 5 heteroatoms. The lowest BCUT2D eigenvalue weighted by atomic mass is 9.74. The summed E-state index contributed by atoms with van der Waals surface area (Å²) in [4.78, 5) is 12.5. The molecule has 0 bridgehead atoms. The standard InChI is InChI=1S/C19H28N2O3/c1-23-16-7-5-15(6-8-16)19(9-12-24-13-10-19)14-21-18(22)17-4-2-3-11-20-17/h5-8,17,20H,2-4,9-14H2,1H3,(H,21,22). The third-order valence-electron chi connectivity index (χ3n) is 5.38. The molecule has 5 nitrogen and oxygen atoms in total. The minimum absolute atomic E-state index is 0.0356. The predicted molar refractivity (Wildman–Crippen MR) is 93.4 cm³/mol. The quantitative estimate of drug-likeness (QED) is 0.866. The predicted octanol–water partition coefficient (Wildman–Crippen LogP) is 2.00. The van der Waals surface area contributed by atoms with Gasteiger partial charge in [-0.2, -0.15) is 0 Å². The number of carbonyl (C=O) groups is 1. The van der Waals surface area contributed by atoms with E-state index < -0.39 is 0 Å². The number of rotatable bonds is 5. The Balaban J connectivity index is 1.69. The first kappa shape index (κ1) is 17.2. The molecule has 2 N–H and O–H groups in total. The molecule has 1 amide bonds. The third-order valence-corrected chi connectivity index (χ3v) is 5.38. The highest BCUT2D eigenvalue weighted by atomic mass is 16.5. The number of hydrogen-bond donors (Lipinski definition) is 2. The highest BCUT2D eigenvalue weighted by Crippen LogP contribution is 2.35. The van der Waals surface area contributed by atoms with Gasteiger partial charge in [0.1, 0.15) is 5.75 Å². The van der Waals surface area contributed by atoms with Crippen LogP contribution in [0.1, 0.15) is 37.7 Å². The molecule has 1 unspecified atom stereocenters. The Morgan fingerprint density at radius 2 is 2.04 bits per heavy atom. The second-order valence-electron chi connectivity index (χ2n) is 6.84. The lowest BCUT2D eigenvalue weighted by Crippen LogP contribution is -2.51. The minimum atomic E-state index is -0.0468. The van der Waals surface area contributed by atoms with E-state index in [1.165, 1.54) is 5.56 Å². The van der Waals surface area contributed by atoms with Gasteiger partial charge in [-0.05, 0) is 49.9 Å². The Kier molecular flexibility index (Phi) is 5.74. The van der Waals surface area contributed by atoms with E-state index in [0.29, 0.717) is 6.54 Å². The largest absolute Gasteiger partial charge is 0.497 e. The van der Waals surface area contributed by atoms with E-state index in [2.05, 4.69) is 22.8 Å². The molecule has 0 aromatic heterocycles. The topological polar surface area (TPSA) is 59.6 Å². The van der Waals surface area contributed by atoms with Crippen LogP contribution in [-0.2, 0) is 14.9 Å². The molecule has 1 aromatic rings. The van der Waals surface area contributed by atoms with Crippen molar-refractivity contribution in [1.82, 2.24) is 10.6 Å². The molecule has 1 aromatic carbocycles. The van der Waals surface area contributed by atoms with E-state index in [-0.39, 0.29) is 17.4 Å². The summed E-state index contributed by atoms with van der Waals surface area (Å²) in [6.07, 6.45) is 5.08. The van der Waals surface area contributed by atoms with Gasteiger partial charge in [-0.15, -0.1) is 0 Å². The monoisotopic (exact) mass is 332 g/mol. The summed E-state index contributed by atoms with van der Waals surface area (Å²) >= 11 is 0. The number of nitrogens with one attached hydrogen (secondary N) is 2. The van der Waals surface area contributed by atoms with E-state index in [1.54, 1.807) is 7.11 Å². The molecule has 0 aliphatic carbocycles. The zero-order chi connectivity index (χ0) is 16.8. The lowest BCUT2D eigenvalue weighted by Gasteiger charge is -2.38. The van der Waals surface area contributed by atoms with Gasteiger partial charge in [-0.3, -0.25) is 4.79 Å². The van der Waals surface area contributed by atoms with E-state index in [4.69, 9.17) is 9.47 Å². The van der Waals surface area contributed by atoms with Gasteiger partial charge in [0.2, 0.25) is 5.91 Å². The molecule has 132 valence electrons. The molecule has 0 spiro atoms. The van der Waals surface area contributed by atoms with E-state index in [1.807, 2.05) is 12.1 Å². The summed E-state index contributed by atoms with van der Waals surface area (Å²) in [5.74, 6) is 0.991. The third kappa shape index (κ3) is 3.90. The smallest absolute Gasteiger partial charge is 0.237 e. The maximum Gasteiger partial charge on any atom is 0.237 e. The molecular formula is C19H28N2O3. The Morgan fingerprint density at radius 1 is 1.29 bits per heavy atom. The molecule has 0 radical (unpaired) electrons. The van der Waals surface area contributed by atoms with Gasteiger partial charge in [-0.1, -0.05) is 18.6 Å². The highest BCUT2D eigenvalue weighted by molar-refractivity contribution is 5.81. The summed E-state index contributed by atoms with van der Waals surface area (Å²) < 4.78 is 10.8. The summed E-state index contributed by atoms with van der Waals surface area (Å²) in [6, 6.07) is 8.20. The summed E-state index contributed by atoms with van der Waals surface area (Å²) in [7, 11) is 1.68. The maximum atomic E-state index is 12.5. The van der Waals surface area contributed by atoms with Gasteiger partial charge in [0.05, 0.1) is 13.2 Å². The molecule has 2 fully saturated rings. The van der Waals surface area contributed by atoms with Crippen LogP contribution in [0.25, 0.3) is 0 Å². The maximum absolute atomic E-state index is 12.5.